The minimum atomic E-state index is 0.216. The molecule has 0 aliphatic carbocycles. The molecule has 6 heteroatoms. The zero-order chi connectivity index (χ0) is 13.0. The summed E-state index contributed by atoms with van der Waals surface area (Å²) in [5.41, 5.74) is 6.13. The van der Waals surface area contributed by atoms with Crippen LogP contribution in [0.4, 0.5) is 0 Å². The minimum Gasteiger partial charge on any atom is -0.497 e. The number of nitrogens with zero attached hydrogens (tertiary/aromatic N) is 2. The number of methoxy groups -OCH3 is 1. The highest BCUT2D eigenvalue weighted by atomic mass is 32.1. The van der Waals surface area contributed by atoms with E-state index in [-0.39, 0.29) is 10.9 Å². The lowest BCUT2D eigenvalue weighted by Crippen LogP contribution is -2.11. The van der Waals surface area contributed by atoms with Crippen LogP contribution >= 0.6 is 12.2 Å². The number of nitrogens with two attached hydrogens (primary N) is 1. The third kappa shape index (κ3) is 2.72. The van der Waals surface area contributed by atoms with Gasteiger partial charge in [0.2, 0.25) is 5.88 Å². The molecule has 0 aliphatic heterocycles. The summed E-state index contributed by atoms with van der Waals surface area (Å²) in [6.07, 6.45) is 1.51. The molecule has 1 aromatic carbocycles. The molecule has 18 heavy (non-hydrogen) atoms. The average Bonchev–Trinajstić information content (AvgIpc) is 2.40. The molecule has 1 aromatic heterocycles. The fraction of sp³-hybridized carbons (Fsp3) is 0.0833. The Labute approximate surface area is 110 Å². The Morgan fingerprint density at radius 1 is 1.17 bits per heavy atom. The van der Waals surface area contributed by atoms with E-state index < -0.39 is 0 Å². The highest BCUT2D eigenvalue weighted by Crippen LogP contribution is 2.24. The van der Waals surface area contributed by atoms with Crippen molar-refractivity contribution in [1.82, 2.24) is 10.2 Å². The number of aromatic nitrogens is 2. The lowest BCUT2D eigenvalue weighted by atomic mass is 10.3. The van der Waals surface area contributed by atoms with Crippen molar-refractivity contribution in [3.63, 3.8) is 0 Å². The maximum absolute atomic E-state index is 5.58. The van der Waals surface area contributed by atoms with Crippen LogP contribution in [0, 0.1) is 0 Å². The molecule has 5 nitrogen and oxygen atoms in total. The quantitative estimate of drug-likeness (QED) is 0.848. The zero-order valence-electron chi connectivity index (χ0n) is 9.66. The van der Waals surface area contributed by atoms with E-state index in [2.05, 4.69) is 10.2 Å². The Morgan fingerprint density at radius 3 is 2.44 bits per heavy atom. The highest BCUT2D eigenvalue weighted by Gasteiger charge is 2.09. The van der Waals surface area contributed by atoms with Crippen molar-refractivity contribution >= 4 is 17.2 Å². The minimum absolute atomic E-state index is 0.216. The van der Waals surface area contributed by atoms with E-state index in [0.717, 1.165) is 5.75 Å². The molecule has 0 spiro atoms. The molecule has 2 rings (SSSR count). The van der Waals surface area contributed by atoms with Crippen LogP contribution in [0.1, 0.15) is 5.56 Å². The van der Waals surface area contributed by atoms with Gasteiger partial charge in [-0.1, -0.05) is 12.2 Å². The third-order valence-electron chi connectivity index (χ3n) is 2.23. The van der Waals surface area contributed by atoms with Gasteiger partial charge < -0.3 is 15.2 Å². The van der Waals surface area contributed by atoms with Gasteiger partial charge in [0.25, 0.3) is 0 Å². The molecule has 0 fully saturated rings. The Balaban J connectivity index is 2.25. The second-order valence-electron chi connectivity index (χ2n) is 3.39. The molecular weight excluding hydrogens is 250 g/mol. The molecule has 1 heterocycles. The Bertz CT molecular complexity index is 558. The second kappa shape index (κ2) is 5.42. The number of ether oxygens (including phenoxy) is 2. The molecule has 0 saturated carbocycles. The number of benzene rings is 1. The lowest BCUT2D eigenvalue weighted by Gasteiger charge is -2.08. The van der Waals surface area contributed by atoms with E-state index in [9.17, 15) is 0 Å². The Morgan fingerprint density at radius 2 is 1.83 bits per heavy atom. The fourth-order valence-electron chi connectivity index (χ4n) is 1.34. The van der Waals surface area contributed by atoms with Crippen molar-refractivity contribution in [2.24, 2.45) is 5.73 Å². The van der Waals surface area contributed by atoms with Crippen LogP contribution in [-0.2, 0) is 0 Å². The summed E-state index contributed by atoms with van der Waals surface area (Å²) in [4.78, 5) is 0.216. The first-order valence-corrected chi connectivity index (χ1v) is 5.55. The molecule has 2 aromatic rings. The van der Waals surface area contributed by atoms with Crippen molar-refractivity contribution in [2.45, 2.75) is 0 Å². The predicted molar refractivity (Wildman–Crippen MR) is 71.0 cm³/mol. The van der Waals surface area contributed by atoms with Gasteiger partial charge in [0.1, 0.15) is 16.5 Å². The monoisotopic (exact) mass is 261 g/mol. The molecule has 92 valence electrons. The van der Waals surface area contributed by atoms with Crippen LogP contribution in [0.5, 0.6) is 17.4 Å². The summed E-state index contributed by atoms with van der Waals surface area (Å²) in [5.74, 6) is 1.64. The van der Waals surface area contributed by atoms with Crippen molar-refractivity contribution in [3.05, 3.63) is 42.1 Å². The van der Waals surface area contributed by atoms with Gasteiger partial charge in [-0.2, -0.15) is 5.10 Å². The summed E-state index contributed by atoms with van der Waals surface area (Å²) in [7, 11) is 1.60. The van der Waals surface area contributed by atoms with Crippen molar-refractivity contribution < 1.29 is 9.47 Å². The van der Waals surface area contributed by atoms with Crippen molar-refractivity contribution in [2.75, 3.05) is 7.11 Å². The number of hydrogen-bond donors (Lipinski definition) is 1. The number of rotatable bonds is 4. The van der Waals surface area contributed by atoms with Crippen LogP contribution in [0.25, 0.3) is 0 Å². The van der Waals surface area contributed by atoms with Gasteiger partial charge in [-0.3, -0.25) is 0 Å². The molecule has 2 N–H and O–H groups in total. The van der Waals surface area contributed by atoms with E-state index in [4.69, 9.17) is 27.4 Å². The molecule has 0 unspecified atom stereocenters. The fourth-order valence-corrected chi connectivity index (χ4v) is 1.49. The molecule has 0 amide bonds. The van der Waals surface area contributed by atoms with Gasteiger partial charge in [-0.05, 0) is 30.3 Å². The molecular formula is C12H11N3O2S. The van der Waals surface area contributed by atoms with Gasteiger partial charge in [0, 0.05) is 0 Å². The molecule has 0 radical (unpaired) electrons. The molecule has 0 saturated heterocycles. The summed E-state index contributed by atoms with van der Waals surface area (Å²) < 4.78 is 10.6. The first-order chi connectivity index (χ1) is 8.70. The first-order valence-electron chi connectivity index (χ1n) is 5.14. The Hall–Kier alpha value is -2.21. The molecule has 0 bridgehead atoms. The first kappa shape index (κ1) is 12.3. The van der Waals surface area contributed by atoms with Crippen molar-refractivity contribution in [3.8, 4) is 17.4 Å². The van der Waals surface area contributed by atoms with Gasteiger partial charge in [0.15, 0.2) is 0 Å². The van der Waals surface area contributed by atoms with E-state index in [1.807, 2.05) is 0 Å². The lowest BCUT2D eigenvalue weighted by molar-refractivity contribution is 0.411. The van der Waals surface area contributed by atoms with E-state index >= 15 is 0 Å². The van der Waals surface area contributed by atoms with Crippen LogP contribution in [0.3, 0.4) is 0 Å². The van der Waals surface area contributed by atoms with Crippen molar-refractivity contribution in [1.29, 1.82) is 0 Å². The van der Waals surface area contributed by atoms with Crippen LogP contribution in [0.15, 0.2) is 36.5 Å². The maximum Gasteiger partial charge on any atom is 0.249 e. The summed E-state index contributed by atoms with van der Waals surface area (Å²) >= 11 is 4.92. The van der Waals surface area contributed by atoms with Gasteiger partial charge in [-0.25, -0.2) is 0 Å². The highest BCUT2D eigenvalue weighted by molar-refractivity contribution is 7.80. The third-order valence-corrected chi connectivity index (χ3v) is 2.45. The number of hydrogen-bond acceptors (Lipinski definition) is 5. The predicted octanol–water partition coefficient (Wildman–Crippen LogP) is 1.91. The standard InChI is InChI=1S/C12H11N3O2S/c1-16-8-2-4-9(5-3-8)17-12-10(11(13)18)6-7-14-15-12/h2-7H,1H3,(H2,13,18). The zero-order valence-corrected chi connectivity index (χ0v) is 10.5. The van der Waals surface area contributed by atoms with Crippen LogP contribution in [0.2, 0.25) is 0 Å². The van der Waals surface area contributed by atoms with Crippen LogP contribution < -0.4 is 15.2 Å². The molecule has 0 atom stereocenters. The smallest absolute Gasteiger partial charge is 0.249 e. The van der Waals surface area contributed by atoms with Crippen LogP contribution in [-0.4, -0.2) is 22.3 Å². The maximum atomic E-state index is 5.58. The summed E-state index contributed by atoms with van der Waals surface area (Å²) in [5, 5.41) is 7.61. The van der Waals surface area contributed by atoms with E-state index in [1.165, 1.54) is 6.20 Å². The molecule has 0 aliphatic rings. The van der Waals surface area contributed by atoms with E-state index in [0.29, 0.717) is 11.3 Å². The SMILES string of the molecule is COc1ccc(Oc2nnccc2C(N)=S)cc1. The van der Waals surface area contributed by atoms with Gasteiger partial charge in [0.05, 0.1) is 18.9 Å². The largest absolute Gasteiger partial charge is 0.497 e. The normalized spacial score (nSPS) is 9.83. The second-order valence-corrected chi connectivity index (χ2v) is 3.83. The number of thiocarbonyl (C=S) groups is 1. The summed E-state index contributed by atoms with van der Waals surface area (Å²) in [6, 6.07) is 8.75. The Kier molecular flexibility index (Phi) is 3.69. The average molecular weight is 261 g/mol. The topological polar surface area (TPSA) is 70.3 Å². The van der Waals surface area contributed by atoms with Gasteiger partial charge >= 0.3 is 0 Å². The van der Waals surface area contributed by atoms with Gasteiger partial charge in [-0.15, -0.1) is 5.10 Å². The van der Waals surface area contributed by atoms with E-state index in [1.54, 1.807) is 37.4 Å². The summed E-state index contributed by atoms with van der Waals surface area (Å²) in [6.45, 7) is 0.